The van der Waals surface area contributed by atoms with Gasteiger partial charge < -0.3 is 10.7 Å². The van der Waals surface area contributed by atoms with Crippen LogP contribution in [0.1, 0.15) is 57.8 Å². The summed E-state index contributed by atoms with van der Waals surface area (Å²) in [5.41, 5.74) is 9.62. The van der Waals surface area contributed by atoms with Gasteiger partial charge in [0.25, 0.3) is 0 Å². The lowest BCUT2D eigenvalue weighted by atomic mass is 9.86. The highest BCUT2D eigenvalue weighted by Crippen LogP contribution is 2.26. The Kier molecular flexibility index (Phi) is 4.84. The maximum Gasteiger partial charge on any atom is 0.110 e. The van der Waals surface area contributed by atoms with Gasteiger partial charge in [0.1, 0.15) is 5.82 Å². The number of aromatic nitrogens is 2. The number of benzene rings is 1. The van der Waals surface area contributed by atoms with Crippen LogP contribution in [0.4, 0.5) is 0 Å². The summed E-state index contributed by atoms with van der Waals surface area (Å²) in [5.74, 6) is 1.34. The van der Waals surface area contributed by atoms with Crippen LogP contribution in [0.3, 0.4) is 0 Å². The van der Waals surface area contributed by atoms with Crippen molar-refractivity contribution in [3.63, 3.8) is 0 Å². The molecule has 1 unspecified atom stereocenters. The van der Waals surface area contributed by atoms with Crippen LogP contribution >= 0.6 is 0 Å². The van der Waals surface area contributed by atoms with Gasteiger partial charge in [0, 0.05) is 12.5 Å². The minimum atomic E-state index is 0.184. The molecule has 1 aromatic heterocycles. The normalized spacial score (nSPS) is 13.4. The third kappa shape index (κ3) is 3.73. The molecule has 21 heavy (non-hydrogen) atoms. The fraction of sp³-hybridized carbons (Fsp3) is 0.500. The van der Waals surface area contributed by atoms with Crippen molar-refractivity contribution >= 4 is 0 Å². The molecule has 2 aromatic rings. The number of rotatable bonds is 5. The Balaban J connectivity index is 2.21. The highest BCUT2D eigenvalue weighted by molar-refractivity contribution is 5.59. The van der Waals surface area contributed by atoms with Crippen LogP contribution in [0.5, 0.6) is 0 Å². The molecule has 3 heteroatoms. The number of aromatic amines is 1. The van der Waals surface area contributed by atoms with Crippen molar-refractivity contribution in [3.8, 4) is 11.3 Å². The van der Waals surface area contributed by atoms with E-state index in [0.29, 0.717) is 12.5 Å². The van der Waals surface area contributed by atoms with Gasteiger partial charge in [-0.05, 0) is 23.0 Å². The average molecular weight is 285 g/mol. The summed E-state index contributed by atoms with van der Waals surface area (Å²) < 4.78 is 0. The monoisotopic (exact) mass is 285 g/mol. The van der Waals surface area contributed by atoms with Crippen molar-refractivity contribution in [2.75, 3.05) is 6.54 Å². The molecule has 0 saturated heterocycles. The average Bonchev–Trinajstić information content (AvgIpc) is 2.93. The Morgan fingerprint density at radius 2 is 1.86 bits per heavy atom. The van der Waals surface area contributed by atoms with E-state index in [1.807, 2.05) is 6.20 Å². The van der Waals surface area contributed by atoms with Gasteiger partial charge in [0.05, 0.1) is 11.9 Å². The second kappa shape index (κ2) is 6.44. The quantitative estimate of drug-likeness (QED) is 0.864. The number of hydrogen-bond donors (Lipinski definition) is 2. The molecule has 3 nitrogen and oxygen atoms in total. The number of H-pyrrole nitrogens is 1. The van der Waals surface area contributed by atoms with E-state index in [1.165, 1.54) is 11.1 Å². The van der Waals surface area contributed by atoms with Crippen molar-refractivity contribution < 1.29 is 0 Å². The van der Waals surface area contributed by atoms with Crippen LogP contribution in [0.25, 0.3) is 11.3 Å². The van der Waals surface area contributed by atoms with E-state index in [2.05, 4.69) is 61.9 Å². The fourth-order valence-electron chi connectivity index (χ4n) is 2.56. The molecule has 0 radical (unpaired) electrons. The first-order chi connectivity index (χ1) is 9.95. The van der Waals surface area contributed by atoms with E-state index < -0.39 is 0 Å². The first-order valence-electron chi connectivity index (χ1n) is 7.81. The molecule has 114 valence electrons. The Labute approximate surface area is 128 Å². The van der Waals surface area contributed by atoms with E-state index in [1.54, 1.807) is 0 Å². The summed E-state index contributed by atoms with van der Waals surface area (Å²) in [6.07, 6.45) is 4.12. The lowest BCUT2D eigenvalue weighted by Crippen LogP contribution is -2.13. The predicted octanol–water partition coefficient (Wildman–Crippen LogP) is 4.22. The zero-order valence-electron chi connectivity index (χ0n) is 13.6. The van der Waals surface area contributed by atoms with Crippen LogP contribution < -0.4 is 5.73 Å². The van der Waals surface area contributed by atoms with Gasteiger partial charge in [-0.2, -0.15) is 0 Å². The third-order valence-electron chi connectivity index (χ3n) is 3.97. The van der Waals surface area contributed by atoms with Gasteiger partial charge in [0.15, 0.2) is 0 Å². The molecule has 0 amide bonds. The molecule has 2 rings (SSSR count). The maximum atomic E-state index is 5.85. The summed E-state index contributed by atoms with van der Waals surface area (Å²) in [6, 6.07) is 8.72. The number of hydrogen-bond acceptors (Lipinski definition) is 2. The first-order valence-corrected chi connectivity index (χ1v) is 7.81. The molecule has 1 atom stereocenters. The number of nitrogens with one attached hydrogen (secondary N) is 1. The van der Waals surface area contributed by atoms with Gasteiger partial charge in [-0.1, -0.05) is 58.4 Å². The lowest BCUT2D eigenvalue weighted by molar-refractivity contribution is 0.590. The number of imidazole rings is 1. The number of nitrogens with two attached hydrogens (primary N) is 1. The first kappa shape index (κ1) is 15.8. The van der Waals surface area contributed by atoms with E-state index in [4.69, 9.17) is 5.73 Å². The highest BCUT2D eigenvalue weighted by atomic mass is 14.9. The molecule has 0 aliphatic carbocycles. The molecule has 0 bridgehead atoms. The summed E-state index contributed by atoms with van der Waals surface area (Å²) in [4.78, 5) is 7.95. The minimum Gasteiger partial charge on any atom is -0.342 e. The third-order valence-corrected chi connectivity index (χ3v) is 3.97. The van der Waals surface area contributed by atoms with Crippen LogP contribution in [-0.4, -0.2) is 16.5 Å². The molecule has 0 spiro atoms. The van der Waals surface area contributed by atoms with Crippen LogP contribution in [0.15, 0.2) is 30.5 Å². The SMILES string of the molecule is CCCC(CN)c1ncc(-c2ccc(C(C)(C)C)cc2)[nH]1. The molecular formula is C18H27N3. The summed E-state index contributed by atoms with van der Waals surface area (Å²) in [7, 11) is 0. The fourth-order valence-corrected chi connectivity index (χ4v) is 2.56. The van der Waals surface area contributed by atoms with Crippen molar-refractivity contribution in [2.24, 2.45) is 5.73 Å². The molecular weight excluding hydrogens is 258 g/mol. The van der Waals surface area contributed by atoms with Crippen molar-refractivity contribution in [1.82, 2.24) is 9.97 Å². The van der Waals surface area contributed by atoms with Gasteiger partial charge in [-0.25, -0.2) is 4.98 Å². The Morgan fingerprint density at radius 3 is 2.38 bits per heavy atom. The van der Waals surface area contributed by atoms with Crippen molar-refractivity contribution in [2.45, 2.75) is 51.9 Å². The standard InChI is InChI=1S/C18H27N3/c1-5-6-14(11-19)17-20-12-16(21-17)13-7-9-15(10-8-13)18(2,3)4/h7-10,12,14H,5-6,11,19H2,1-4H3,(H,20,21). The van der Waals surface area contributed by atoms with E-state index in [-0.39, 0.29) is 5.41 Å². The molecule has 3 N–H and O–H groups in total. The van der Waals surface area contributed by atoms with E-state index in [0.717, 1.165) is 24.4 Å². The maximum absolute atomic E-state index is 5.85. The largest absolute Gasteiger partial charge is 0.342 e. The van der Waals surface area contributed by atoms with Gasteiger partial charge in [-0.3, -0.25) is 0 Å². The van der Waals surface area contributed by atoms with Gasteiger partial charge in [0.2, 0.25) is 0 Å². The highest BCUT2D eigenvalue weighted by Gasteiger charge is 2.15. The second-order valence-corrected chi connectivity index (χ2v) is 6.73. The molecule has 1 aromatic carbocycles. The van der Waals surface area contributed by atoms with Crippen LogP contribution in [0, 0.1) is 0 Å². The van der Waals surface area contributed by atoms with Crippen LogP contribution in [-0.2, 0) is 5.41 Å². The Morgan fingerprint density at radius 1 is 1.19 bits per heavy atom. The topological polar surface area (TPSA) is 54.7 Å². The van der Waals surface area contributed by atoms with E-state index in [9.17, 15) is 0 Å². The smallest absolute Gasteiger partial charge is 0.110 e. The van der Waals surface area contributed by atoms with Crippen molar-refractivity contribution in [1.29, 1.82) is 0 Å². The Hall–Kier alpha value is -1.61. The molecule has 0 fully saturated rings. The summed E-state index contributed by atoms with van der Waals surface area (Å²) >= 11 is 0. The van der Waals surface area contributed by atoms with Gasteiger partial charge in [-0.15, -0.1) is 0 Å². The molecule has 0 saturated carbocycles. The van der Waals surface area contributed by atoms with Crippen molar-refractivity contribution in [3.05, 3.63) is 41.9 Å². The van der Waals surface area contributed by atoms with E-state index >= 15 is 0 Å². The zero-order valence-corrected chi connectivity index (χ0v) is 13.6. The Bertz CT molecular complexity index is 561. The second-order valence-electron chi connectivity index (χ2n) is 6.73. The minimum absolute atomic E-state index is 0.184. The van der Waals surface area contributed by atoms with Gasteiger partial charge >= 0.3 is 0 Å². The molecule has 0 aliphatic heterocycles. The molecule has 0 aliphatic rings. The summed E-state index contributed by atoms with van der Waals surface area (Å²) in [6.45, 7) is 9.51. The lowest BCUT2D eigenvalue weighted by Gasteiger charge is -2.19. The molecule has 1 heterocycles. The number of nitrogens with zero attached hydrogens (tertiary/aromatic N) is 1. The zero-order chi connectivity index (χ0) is 15.5. The summed E-state index contributed by atoms with van der Waals surface area (Å²) in [5, 5.41) is 0. The van der Waals surface area contributed by atoms with Crippen LogP contribution in [0.2, 0.25) is 0 Å². The predicted molar refractivity (Wildman–Crippen MR) is 89.4 cm³/mol.